The number of nitrogen functional groups attached to an aromatic ring is 2. The Morgan fingerprint density at radius 2 is 2.03 bits per heavy atom. The van der Waals surface area contributed by atoms with Crippen LogP contribution in [0.2, 0.25) is 0 Å². The highest BCUT2D eigenvalue weighted by molar-refractivity contribution is 5.99. The first-order valence-electron chi connectivity index (χ1n) is 11.8. The number of aliphatic hydroxyl groups is 2. The lowest BCUT2D eigenvalue weighted by atomic mass is 9.89. The maximum Gasteiger partial charge on any atom is 0.267 e. The number of hydrogen-bond donors (Lipinski definition) is 4. The molecular weight excluding hydrogens is 486 g/mol. The van der Waals surface area contributed by atoms with Gasteiger partial charge in [-0.05, 0) is 37.0 Å². The van der Waals surface area contributed by atoms with Gasteiger partial charge in [0.2, 0.25) is 0 Å². The highest BCUT2D eigenvalue weighted by Crippen LogP contribution is 2.51. The van der Waals surface area contributed by atoms with E-state index in [0.29, 0.717) is 33.9 Å². The van der Waals surface area contributed by atoms with Crippen molar-refractivity contribution in [1.29, 1.82) is 0 Å². The number of fused-ring (bicyclic) bond motifs is 3. The molecule has 10 nitrogen and oxygen atoms in total. The van der Waals surface area contributed by atoms with Gasteiger partial charge in [-0.1, -0.05) is 12.1 Å². The number of carbonyl (C=O) groups excluding carboxylic acids is 1. The second-order valence-corrected chi connectivity index (χ2v) is 9.70. The standard InChI is InChI=1S/C25H24F2N6O4/c26-20(27)15-7-11-1-2-12(8-16(11)32-22(15)29)17(34)9-13-3-5-25(36)18(35)24(37-19(13)25)33-6-4-14-21(28)30-10-31-23(14)33/h1-2,4,6-8,10,13,18-20,24,35-36H,3,5,9H2,(H2,29,32)(H2,28,30,31)/t13-,18-,19+,24+,25-/m0/s1. The molecule has 6 rings (SSSR count). The Morgan fingerprint density at radius 1 is 1.22 bits per heavy atom. The first kappa shape index (κ1) is 23.6. The van der Waals surface area contributed by atoms with Crippen LogP contribution in [0.25, 0.3) is 21.9 Å². The monoisotopic (exact) mass is 510 g/mol. The van der Waals surface area contributed by atoms with Crippen molar-refractivity contribution in [2.24, 2.45) is 5.92 Å². The van der Waals surface area contributed by atoms with Crippen molar-refractivity contribution >= 4 is 39.4 Å². The highest BCUT2D eigenvalue weighted by atomic mass is 19.3. The minimum Gasteiger partial charge on any atom is -0.385 e. The van der Waals surface area contributed by atoms with E-state index in [9.17, 15) is 23.8 Å². The van der Waals surface area contributed by atoms with Crippen molar-refractivity contribution in [3.8, 4) is 0 Å². The number of halogens is 2. The Labute approximate surface area is 208 Å². The van der Waals surface area contributed by atoms with Gasteiger partial charge in [-0.2, -0.15) is 0 Å². The van der Waals surface area contributed by atoms with Crippen LogP contribution >= 0.6 is 0 Å². The molecule has 2 fully saturated rings. The molecule has 37 heavy (non-hydrogen) atoms. The van der Waals surface area contributed by atoms with Crippen LogP contribution in [0.3, 0.4) is 0 Å². The summed E-state index contributed by atoms with van der Waals surface area (Å²) >= 11 is 0. The van der Waals surface area contributed by atoms with E-state index >= 15 is 0 Å². The van der Waals surface area contributed by atoms with Crippen LogP contribution in [0.1, 0.15) is 47.8 Å². The summed E-state index contributed by atoms with van der Waals surface area (Å²) in [6.45, 7) is 0. The molecule has 0 unspecified atom stereocenters. The van der Waals surface area contributed by atoms with Crippen LogP contribution in [-0.4, -0.2) is 53.3 Å². The molecule has 0 amide bonds. The molecule has 1 aliphatic heterocycles. The molecule has 1 saturated heterocycles. The third-order valence-corrected chi connectivity index (χ3v) is 7.60. The number of nitrogens with zero attached hydrogens (tertiary/aromatic N) is 4. The predicted octanol–water partition coefficient (Wildman–Crippen LogP) is 2.75. The third kappa shape index (κ3) is 3.63. The number of benzene rings is 1. The Hall–Kier alpha value is -3.74. The Balaban J connectivity index is 1.24. The lowest BCUT2D eigenvalue weighted by molar-refractivity contribution is -0.0675. The number of ketones is 1. The molecule has 6 N–H and O–H groups in total. The highest BCUT2D eigenvalue weighted by Gasteiger charge is 2.61. The number of aromatic nitrogens is 4. The van der Waals surface area contributed by atoms with E-state index in [1.165, 1.54) is 18.5 Å². The molecule has 192 valence electrons. The fourth-order valence-corrected chi connectivity index (χ4v) is 5.66. The number of nitrogens with two attached hydrogens (primary N) is 2. The van der Waals surface area contributed by atoms with Gasteiger partial charge in [0.05, 0.1) is 22.6 Å². The first-order valence-corrected chi connectivity index (χ1v) is 11.8. The molecule has 1 aromatic carbocycles. The number of Topliss-reactive ketones (excluding diaryl/α,β-unsaturated/α-hetero) is 1. The molecule has 5 atom stereocenters. The molecule has 0 radical (unpaired) electrons. The summed E-state index contributed by atoms with van der Waals surface area (Å²) in [7, 11) is 0. The molecule has 1 aliphatic carbocycles. The Morgan fingerprint density at radius 3 is 2.81 bits per heavy atom. The fourth-order valence-electron chi connectivity index (χ4n) is 5.66. The molecular formula is C25H24F2N6O4. The van der Waals surface area contributed by atoms with Crippen molar-refractivity contribution in [1.82, 2.24) is 19.5 Å². The number of ether oxygens (including phenoxy) is 1. The summed E-state index contributed by atoms with van der Waals surface area (Å²) < 4.78 is 34.0. The molecule has 4 aromatic rings. The molecule has 1 saturated carbocycles. The van der Waals surface area contributed by atoms with Gasteiger partial charge in [0, 0.05) is 23.6 Å². The van der Waals surface area contributed by atoms with Crippen LogP contribution < -0.4 is 11.5 Å². The van der Waals surface area contributed by atoms with Crippen molar-refractivity contribution in [3.63, 3.8) is 0 Å². The molecule has 3 aromatic heterocycles. The number of anilines is 2. The average Bonchev–Trinajstić information content (AvgIpc) is 3.50. The molecule has 0 bridgehead atoms. The molecule has 4 heterocycles. The van der Waals surface area contributed by atoms with Crippen LogP contribution in [0.4, 0.5) is 20.4 Å². The van der Waals surface area contributed by atoms with E-state index in [1.54, 1.807) is 29.0 Å². The number of hydrogen-bond acceptors (Lipinski definition) is 9. The zero-order valence-corrected chi connectivity index (χ0v) is 19.5. The quantitative estimate of drug-likeness (QED) is 0.296. The minimum absolute atomic E-state index is 0.0596. The van der Waals surface area contributed by atoms with E-state index in [2.05, 4.69) is 15.0 Å². The molecule has 0 spiro atoms. The summed E-state index contributed by atoms with van der Waals surface area (Å²) in [6.07, 6.45) is -1.92. The maximum atomic E-state index is 13.2. The largest absolute Gasteiger partial charge is 0.385 e. The summed E-state index contributed by atoms with van der Waals surface area (Å²) in [6, 6.07) is 7.62. The van der Waals surface area contributed by atoms with Gasteiger partial charge < -0.3 is 31.0 Å². The smallest absolute Gasteiger partial charge is 0.267 e. The van der Waals surface area contributed by atoms with Gasteiger partial charge in [-0.15, -0.1) is 0 Å². The van der Waals surface area contributed by atoms with Gasteiger partial charge >= 0.3 is 0 Å². The second kappa shape index (κ2) is 8.40. The number of alkyl halides is 2. The van der Waals surface area contributed by atoms with Crippen molar-refractivity contribution < 1.29 is 28.5 Å². The van der Waals surface area contributed by atoms with Crippen LogP contribution in [0, 0.1) is 5.92 Å². The lowest BCUT2D eigenvalue weighted by Gasteiger charge is -2.26. The first-order chi connectivity index (χ1) is 17.7. The maximum absolute atomic E-state index is 13.2. The van der Waals surface area contributed by atoms with E-state index in [0.717, 1.165) is 0 Å². The topological polar surface area (TPSA) is 162 Å². The van der Waals surface area contributed by atoms with Crippen molar-refractivity contribution in [2.75, 3.05) is 11.5 Å². The average molecular weight is 511 g/mol. The summed E-state index contributed by atoms with van der Waals surface area (Å²) in [5.74, 6) is -0.566. The van der Waals surface area contributed by atoms with Gasteiger partial charge in [-0.25, -0.2) is 23.7 Å². The third-order valence-electron chi connectivity index (χ3n) is 7.60. The fraction of sp³-hybridized carbons (Fsp3) is 0.360. The van der Waals surface area contributed by atoms with Crippen LogP contribution in [-0.2, 0) is 4.74 Å². The van der Waals surface area contributed by atoms with Gasteiger partial charge in [0.25, 0.3) is 6.43 Å². The number of rotatable bonds is 5. The molecule has 2 aliphatic rings. The number of carbonyl (C=O) groups is 1. The summed E-state index contributed by atoms with van der Waals surface area (Å²) in [4.78, 5) is 25.4. The van der Waals surface area contributed by atoms with E-state index < -0.39 is 30.5 Å². The van der Waals surface area contributed by atoms with Gasteiger partial charge in [0.15, 0.2) is 12.0 Å². The predicted molar refractivity (Wildman–Crippen MR) is 130 cm³/mol. The summed E-state index contributed by atoms with van der Waals surface area (Å²) in [5, 5.41) is 23.5. The minimum atomic E-state index is -2.75. The molecule has 12 heteroatoms. The Kier molecular flexibility index (Phi) is 5.37. The van der Waals surface area contributed by atoms with Crippen molar-refractivity contribution in [2.45, 2.75) is 49.7 Å². The van der Waals surface area contributed by atoms with E-state index in [4.69, 9.17) is 16.2 Å². The van der Waals surface area contributed by atoms with Gasteiger partial charge in [-0.3, -0.25) is 4.79 Å². The van der Waals surface area contributed by atoms with E-state index in [-0.39, 0.29) is 41.7 Å². The summed E-state index contributed by atoms with van der Waals surface area (Å²) in [5.41, 5.74) is 10.8. The van der Waals surface area contributed by atoms with Crippen LogP contribution in [0.15, 0.2) is 42.9 Å². The normalized spacial score (nSPS) is 27.4. The van der Waals surface area contributed by atoms with Crippen molar-refractivity contribution in [3.05, 3.63) is 54.0 Å². The SMILES string of the molecule is Nc1nc2cc(C(=O)C[C@@H]3CC[C@@]4(O)[C@@H]3O[C@@H](n3ccc5c(N)ncnc53)[C@@H]4O)ccc2cc1C(F)F. The van der Waals surface area contributed by atoms with Gasteiger partial charge in [0.1, 0.15) is 35.3 Å². The van der Waals surface area contributed by atoms with Crippen LogP contribution in [0.5, 0.6) is 0 Å². The zero-order chi connectivity index (χ0) is 26.1. The second-order valence-electron chi connectivity index (χ2n) is 9.70. The van der Waals surface area contributed by atoms with E-state index in [1.807, 2.05) is 0 Å². The zero-order valence-electron chi connectivity index (χ0n) is 19.5. The number of aliphatic hydroxyl groups excluding tert-OH is 1. The Bertz CT molecular complexity index is 1540. The lowest BCUT2D eigenvalue weighted by Crippen LogP contribution is -2.45. The number of pyridine rings is 1.